The summed E-state index contributed by atoms with van der Waals surface area (Å²) >= 11 is 0. The molecule has 5 heteroatoms. The van der Waals surface area contributed by atoms with Crippen LogP contribution in [0.4, 0.5) is 0 Å². The van der Waals surface area contributed by atoms with E-state index in [0.717, 1.165) is 31.5 Å². The van der Waals surface area contributed by atoms with Crippen LogP contribution in [0.3, 0.4) is 0 Å². The lowest BCUT2D eigenvalue weighted by molar-refractivity contribution is 0.0745. The number of phenolic OH excluding ortho intramolecular Hbond substituents is 1. The molecule has 110 valence electrons. The molecule has 2 atom stereocenters. The van der Waals surface area contributed by atoms with E-state index in [4.69, 9.17) is 0 Å². The van der Waals surface area contributed by atoms with Crippen molar-refractivity contribution in [3.8, 4) is 5.75 Å². The van der Waals surface area contributed by atoms with Crippen molar-refractivity contribution in [1.82, 2.24) is 10.2 Å². The first-order valence-corrected chi connectivity index (χ1v) is 6.98. The van der Waals surface area contributed by atoms with E-state index in [2.05, 4.69) is 5.32 Å². The van der Waals surface area contributed by atoms with E-state index in [1.165, 1.54) is 6.42 Å². The van der Waals surface area contributed by atoms with Gasteiger partial charge in [-0.3, -0.25) is 4.79 Å². The fraction of sp³-hybridized carbons (Fsp3) is 0.533. The number of aromatic hydroxyl groups is 1. The molecule has 1 aromatic carbocycles. The van der Waals surface area contributed by atoms with Crippen LogP contribution >= 0.6 is 12.4 Å². The van der Waals surface area contributed by atoms with Gasteiger partial charge in [0.15, 0.2) is 0 Å². The van der Waals surface area contributed by atoms with Gasteiger partial charge >= 0.3 is 0 Å². The van der Waals surface area contributed by atoms with Gasteiger partial charge < -0.3 is 15.3 Å². The number of halogens is 1. The van der Waals surface area contributed by atoms with Gasteiger partial charge in [-0.2, -0.15) is 0 Å². The summed E-state index contributed by atoms with van der Waals surface area (Å²) in [7, 11) is 0. The molecule has 2 N–H and O–H groups in total. The maximum absolute atomic E-state index is 12.5. The molecular weight excluding hydrogens is 276 g/mol. The van der Waals surface area contributed by atoms with Gasteiger partial charge in [0.05, 0.1) is 5.56 Å². The molecule has 2 aliphatic heterocycles. The van der Waals surface area contributed by atoms with Gasteiger partial charge in [-0.05, 0) is 38.3 Å². The molecule has 1 amide bonds. The van der Waals surface area contributed by atoms with E-state index in [0.29, 0.717) is 17.6 Å². The summed E-state index contributed by atoms with van der Waals surface area (Å²) in [6.45, 7) is 3.46. The van der Waals surface area contributed by atoms with Crippen LogP contribution in [0.1, 0.15) is 35.2 Å². The number of rotatable bonds is 1. The minimum Gasteiger partial charge on any atom is -0.507 e. The molecule has 2 saturated heterocycles. The first kappa shape index (κ1) is 15.1. The lowest BCUT2D eigenvalue weighted by Gasteiger charge is -2.24. The second-order valence-electron chi connectivity index (χ2n) is 5.70. The highest BCUT2D eigenvalue weighted by molar-refractivity contribution is 5.97. The molecule has 3 rings (SSSR count). The molecule has 0 spiro atoms. The first-order chi connectivity index (χ1) is 9.13. The maximum atomic E-state index is 12.5. The Labute approximate surface area is 125 Å². The molecule has 2 bridgehead atoms. The Morgan fingerprint density at radius 3 is 2.85 bits per heavy atom. The van der Waals surface area contributed by atoms with Gasteiger partial charge in [0.2, 0.25) is 0 Å². The topological polar surface area (TPSA) is 52.6 Å². The van der Waals surface area contributed by atoms with Crippen LogP contribution in [0.15, 0.2) is 18.2 Å². The average Bonchev–Trinajstić information content (AvgIpc) is 2.71. The Bertz CT molecular complexity index is 507. The molecule has 0 radical (unpaired) electrons. The van der Waals surface area contributed by atoms with Crippen molar-refractivity contribution in [3.63, 3.8) is 0 Å². The van der Waals surface area contributed by atoms with E-state index in [1.807, 2.05) is 17.9 Å². The van der Waals surface area contributed by atoms with Crippen molar-refractivity contribution in [2.75, 3.05) is 13.1 Å². The zero-order chi connectivity index (χ0) is 13.4. The quantitative estimate of drug-likeness (QED) is 0.834. The number of aryl methyl sites for hydroxylation is 1. The molecule has 0 aliphatic carbocycles. The summed E-state index contributed by atoms with van der Waals surface area (Å²) in [6, 6.07) is 6.18. The minimum atomic E-state index is -0.0458. The predicted molar refractivity (Wildman–Crippen MR) is 80.6 cm³/mol. The Morgan fingerprint density at radius 1 is 1.30 bits per heavy atom. The van der Waals surface area contributed by atoms with Crippen LogP contribution in [-0.4, -0.2) is 41.1 Å². The molecule has 1 aromatic rings. The molecule has 20 heavy (non-hydrogen) atoms. The number of nitrogens with zero attached hydrogens (tertiary/aromatic N) is 1. The van der Waals surface area contributed by atoms with E-state index in [-0.39, 0.29) is 24.1 Å². The number of nitrogens with one attached hydrogen (secondary N) is 1. The van der Waals surface area contributed by atoms with Crippen LogP contribution < -0.4 is 5.32 Å². The van der Waals surface area contributed by atoms with Gasteiger partial charge in [0.1, 0.15) is 5.75 Å². The minimum absolute atomic E-state index is 0. The second kappa shape index (κ2) is 6.02. The van der Waals surface area contributed by atoms with Crippen molar-refractivity contribution in [2.24, 2.45) is 0 Å². The maximum Gasteiger partial charge on any atom is 0.257 e. The molecular formula is C15H21ClN2O2. The SMILES string of the molecule is Cc1ccc(O)c(C(=O)N2CC[C@H]3CC[C@@H](C2)N3)c1.Cl. The Hall–Kier alpha value is -1.26. The zero-order valence-corrected chi connectivity index (χ0v) is 12.4. The van der Waals surface area contributed by atoms with Crippen molar-refractivity contribution in [3.05, 3.63) is 29.3 Å². The monoisotopic (exact) mass is 296 g/mol. The van der Waals surface area contributed by atoms with Gasteiger partial charge in [-0.25, -0.2) is 0 Å². The van der Waals surface area contributed by atoms with E-state index in [1.54, 1.807) is 12.1 Å². The highest BCUT2D eigenvalue weighted by Gasteiger charge is 2.32. The lowest BCUT2D eigenvalue weighted by Crippen LogP contribution is -2.39. The third-order valence-electron chi connectivity index (χ3n) is 4.19. The van der Waals surface area contributed by atoms with Crippen molar-refractivity contribution in [1.29, 1.82) is 0 Å². The molecule has 0 saturated carbocycles. The van der Waals surface area contributed by atoms with Crippen LogP contribution in [0, 0.1) is 6.92 Å². The van der Waals surface area contributed by atoms with Crippen LogP contribution in [-0.2, 0) is 0 Å². The number of hydrogen-bond donors (Lipinski definition) is 2. The normalized spacial score (nSPS) is 24.9. The van der Waals surface area contributed by atoms with Gasteiger partial charge in [0.25, 0.3) is 5.91 Å². The Kier molecular flexibility index (Phi) is 4.55. The molecule has 2 aliphatic rings. The van der Waals surface area contributed by atoms with Crippen molar-refractivity contribution in [2.45, 2.75) is 38.3 Å². The fourth-order valence-electron chi connectivity index (χ4n) is 3.12. The van der Waals surface area contributed by atoms with Crippen molar-refractivity contribution < 1.29 is 9.90 Å². The summed E-state index contributed by atoms with van der Waals surface area (Å²) in [4.78, 5) is 14.4. The fourth-order valence-corrected chi connectivity index (χ4v) is 3.12. The third kappa shape index (κ3) is 2.91. The molecule has 4 nitrogen and oxygen atoms in total. The molecule has 0 unspecified atom stereocenters. The molecule has 2 heterocycles. The predicted octanol–water partition coefficient (Wildman–Crippen LogP) is 2.09. The number of carbonyl (C=O) groups is 1. The summed E-state index contributed by atoms with van der Waals surface area (Å²) in [5.41, 5.74) is 1.42. The number of amides is 1. The highest BCUT2D eigenvalue weighted by Crippen LogP contribution is 2.24. The first-order valence-electron chi connectivity index (χ1n) is 6.98. The number of carbonyl (C=O) groups excluding carboxylic acids is 1. The van der Waals surface area contributed by atoms with Gasteiger partial charge in [-0.1, -0.05) is 11.6 Å². The summed E-state index contributed by atoms with van der Waals surface area (Å²) in [5.74, 6) is 0.0357. The van der Waals surface area contributed by atoms with Crippen LogP contribution in [0.25, 0.3) is 0 Å². The largest absolute Gasteiger partial charge is 0.507 e. The standard InChI is InChI=1S/C15H20N2O2.ClH/c1-10-2-5-14(18)13(8-10)15(19)17-7-6-11-3-4-12(9-17)16-11;/h2,5,8,11-12,16,18H,3-4,6-7,9H2,1H3;1H/t11-,12+;/m1./s1. The molecule has 2 fully saturated rings. The van der Waals surface area contributed by atoms with Crippen LogP contribution in [0.5, 0.6) is 5.75 Å². The lowest BCUT2D eigenvalue weighted by atomic mass is 10.1. The van der Waals surface area contributed by atoms with E-state index in [9.17, 15) is 9.90 Å². The average molecular weight is 297 g/mol. The Balaban J connectivity index is 0.00000147. The Morgan fingerprint density at radius 2 is 2.05 bits per heavy atom. The van der Waals surface area contributed by atoms with Crippen molar-refractivity contribution >= 4 is 18.3 Å². The highest BCUT2D eigenvalue weighted by atomic mass is 35.5. The number of hydrogen-bond acceptors (Lipinski definition) is 3. The van der Waals surface area contributed by atoms with Gasteiger partial charge in [0, 0.05) is 25.2 Å². The van der Waals surface area contributed by atoms with Crippen LogP contribution in [0.2, 0.25) is 0 Å². The number of likely N-dealkylation sites (tertiary alicyclic amines) is 1. The molecule has 0 aromatic heterocycles. The van der Waals surface area contributed by atoms with E-state index < -0.39 is 0 Å². The van der Waals surface area contributed by atoms with E-state index >= 15 is 0 Å². The summed E-state index contributed by atoms with van der Waals surface area (Å²) < 4.78 is 0. The zero-order valence-electron chi connectivity index (χ0n) is 11.6. The van der Waals surface area contributed by atoms with Gasteiger partial charge in [-0.15, -0.1) is 12.4 Å². The second-order valence-corrected chi connectivity index (χ2v) is 5.70. The number of fused-ring (bicyclic) bond motifs is 2. The summed E-state index contributed by atoms with van der Waals surface area (Å²) in [5, 5.41) is 13.4. The smallest absolute Gasteiger partial charge is 0.257 e. The number of phenols is 1. The summed E-state index contributed by atoms with van der Waals surface area (Å²) in [6.07, 6.45) is 3.38. The third-order valence-corrected chi connectivity index (χ3v) is 4.19. The number of benzene rings is 1.